The lowest BCUT2D eigenvalue weighted by Crippen LogP contribution is -2.49. The summed E-state index contributed by atoms with van der Waals surface area (Å²) >= 11 is 0. The van der Waals surface area contributed by atoms with Gasteiger partial charge in [0.15, 0.2) is 0 Å². The van der Waals surface area contributed by atoms with E-state index in [0.29, 0.717) is 25.0 Å². The summed E-state index contributed by atoms with van der Waals surface area (Å²) in [5.41, 5.74) is 0. The molecule has 3 aliphatic rings. The molecule has 2 amide bonds. The second-order valence-electron chi connectivity index (χ2n) is 7.69. The first-order valence-corrected chi connectivity index (χ1v) is 9.90. The van der Waals surface area contributed by atoms with Crippen LogP contribution in [0.2, 0.25) is 0 Å². The van der Waals surface area contributed by atoms with Crippen molar-refractivity contribution in [3.8, 4) is 6.07 Å². The third-order valence-electron chi connectivity index (χ3n) is 6.03. The highest BCUT2D eigenvalue weighted by Crippen LogP contribution is 2.26. The van der Waals surface area contributed by atoms with Gasteiger partial charge in [0.25, 0.3) is 0 Å². The summed E-state index contributed by atoms with van der Waals surface area (Å²) in [6.45, 7) is 2.60. The van der Waals surface area contributed by atoms with E-state index in [4.69, 9.17) is 5.26 Å². The zero-order chi connectivity index (χ0) is 17.6. The van der Waals surface area contributed by atoms with Gasteiger partial charge in [-0.15, -0.1) is 12.4 Å². The Kier molecular flexibility index (Phi) is 8.17. The second kappa shape index (κ2) is 10.1. The van der Waals surface area contributed by atoms with Gasteiger partial charge in [-0.25, -0.2) is 0 Å². The summed E-state index contributed by atoms with van der Waals surface area (Å²) in [4.78, 5) is 28.6. The van der Waals surface area contributed by atoms with Crippen LogP contribution in [0.4, 0.5) is 0 Å². The maximum Gasteiger partial charge on any atom is 0.237 e. The van der Waals surface area contributed by atoms with Crippen LogP contribution >= 0.6 is 12.4 Å². The third-order valence-corrected chi connectivity index (χ3v) is 6.03. The summed E-state index contributed by atoms with van der Waals surface area (Å²) in [6, 6.07) is 2.26. The van der Waals surface area contributed by atoms with E-state index >= 15 is 0 Å². The highest BCUT2D eigenvalue weighted by molar-refractivity contribution is 5.85. The van der Waals surface area contributed by atoms with E-state index in [1.165, 1.54) is 19.3 Å². The summed E-state index contributed by atoms with van der Waals surface area (Å²) in [6.07, 6.45) is 9.31. The lowest BCUT2D eigenvalue weighted by atomic mass is 9.87. The number of nitrogens with one attached hydrogen (secondary N) is 1. The van der Waals surface area contributed by atoms with Gasteiger partial charge in [-0.3, -0.25) is 9.59 Å². The highest BCUT2D eigenvalue weighted by atomic mass is 35.5. The van der Waals surface area contributed by atoms with Crippen molar-refractivity contribution in [2.45, 2.75) is 69.9 Å². The summed E-state index contributed by atoms with van der Waals surface area (Å²) in [5.74, 6) is 0.630. The van der Waals surface area contributed by atoms with Crippen LogP contribution in [0.5, 0.6) is 0 Å². The number of nitriles is 1. The molecule has 6 nitrogen and oxygen atoms in total. The van der Waals surface area contributed by atoms with Crippen molar-refractivity contribution >= 4 is 24.2 Å². The van der Waals surface area contributed by atoms with E-state index < -0.39 is 0 Å². The maximum atomic E-state index is 12.6. The van der Waals surface area contributed by atoms with Crippen molar-refractivity contribution in [2.75, 3.05) is 26.2 Å². The molecular weight excluding hydrogens is 352 g/mol. The fourth-order valence-corrected chi connectivity index (χ4v) is 4.44. The number of carbonyl (C=O) groups is 2. The fourth-order valence-electron chi connectivity index (χ4n) is 4.44. The first kappa shape index (κ1) is 21.0. The van der Waals surface area contributed by atoms with Gasteiger partial charge >= 0.3 is 0 Å². The molecule has 3 rings (SSSR count). The molecule has 2 aliphatic heterocycles. The summed E-state index contributed by atoms with van der Waals surface area (Å²) in [5, 5.41) is 12.4. The lowest BCUT2D eigenvalue weighted by Gasteiger charge is -2.35. The topological polar surface area (TPSA) is 76.4 Å². The molecule has 7 heteroatoms. The van der Waals surface area contributed by atoms with E-state index in [9.17, 15) is 9.59 Å². The maximum absolute atomic E-state index is 12.6. The van der Waals surface area contributed by atoms with Crippen LogP contribution in [-0.4, -0.2) is 59.9 Å². The summed E-state index contributed by atoms with van der Waals surface area (Å²) < 4.78 is 0. The number of hydrogen-bond acceptors (Lipinski definition) is 4. The van der Waals surface area contributed by atoms with Crippen LogP contribution in [0, 0.1) is 17.2 Å². The summed E-state index contributed by atoms with van der Waals surface area (Å²) in [7, 11) is 0. The normalized spacial score (nSPS) is 24.8. The Labute approximate surface area is 162 Å². The first-order valence-electron chi connectivity index (χ1n) is 9.90. The first-order chi connectivity index (χ1) is 12.2. The smallest absolute Gasteiger partial charge is 0.237 e. The van der Waals surface area contributed by atoms with E-state index in [1.807, 2.05) is 4.90 Å². The molecule has 26 heavy (non-hydrogen) atoms. The van der Waals surface area contributed by atoms with E-state index in [2.05, 4.69) is 11.4 Å². The molecule has 146 valence electrons. The Bertz CT molecular complexity index is 522. The van der Waals surface area contributed by atoms with Gasteiger partial charge in [-0.1, -0.05) is 19.3 Å². The molecule has 0 aromatic heterocycles. The van der Waals surface area contributed by atoms with E-state index in [-0.39, 0.29) is 30.3 Å². The molecular formula is C19H31ClN4O2. The Balaban J connectivity index is 0.00000243. The third kappa shape index (κ3) is 5.11. The van der Waals surface area contributed by atoms with Crippen molar-refractivity contribution in [1.82, 2.24) is 15.1 Å². The molecule has 2 saturated heterocycles. The van der Waals surface area contributed by atoms with Crippen molar-refractivity contribution in [1.29, 1.82) is 5.26 Å². The van der Waals surface area contributed by atoms with Gasteiger partial charge in [0.2, 0.25) is 11.8 Å². The number of rotatable bonds is 4. The molecule has 1 aliphatic carbocycles. The molecule has 0 aromatic carbocycles. The highest BCUT2D eigenvalue weighted by Gasteiger charge is 2.31. The van der Waals surface area contributed by atoms with Gasteiger partial charge in [0, 0.05) is 31.6 Å². The van der Waals surface area contributed by atoms with Crippen molar-refractivity contribution < 1.29 is 9.59 Å². The standard InChI is InChI=1S/C19H30N4O2.ClH/c20-13-17-7-4-10-23(17)18(24)14-21-16-8-11-22(12-9-16)19(25)15-5-2-1-3-6-15;/h15-17,21H,1-12,14H2;1H/t17-;/m0./s1. The minimum absolute atomic E-state index is 0. The van der Waals surface area contributed by atoms with Gasteiger partial charge in [-0.2, -0.15) is 5.26 Å². The van der Waals surface area contributed by atoms with E-state index in [0.717, 1.165) is 51.6 Å². The molecule has 0 bridgehead atoms. The molecule has 1 atom stereocenters. The monoisotopic (exact) mass is 382 g/mol. The number of hydrogen-bond donors (Lipinski definition) is 1. The van der Waals surface area contributed by atoms with Crippen LogP contribution in [0.3, 0.4) is 0 Å². The predicted molar refractivity (Wildman–Crippen MR) is 102 cm³/mol. The van der Waals surface area contributed by atoms with Crippen molar-refractivity contribution in [3.63, 3.8) is 0 Å². The molecule has 3 fully saturated rings. The number of piperidine rings is 1. The Hall–Kier alpha value is -1.32. The van der Waals surface area contributed by atoms with Crippen LogP contribution < -0.4 is 5.32 Å². The predicted octanol–water partition coefficient (Wildman–Crippen LogP) is 2.08. The van der Waals surface area contributed by atoms with Crippen LogP contribution in [0.1, 0.15) is 57.8 Å². The molecule has 0 radical (unpaired) electrons. The number of halogens is 1. The Morgan fingerprint density at radius 3 is 2.31 bits per heavy atom. The van der Waals surface area contributed by atoms with Gasteiger partial charge in [-0.05, 0) is 38.5 Å². The molecule has 0 unspecified atom stereocenters. The van der Waals surface area contributed by atoms with E-state index in [1.54, 1.807) is 4.90 Å². The molecule has 1 N–H and O–H groups in total. The molecule has 0 aromatic rings. The fraction of sp³-hybridized carbons (Fsp3) is 0.842. The number of likely N-dealkylation sites (tertiary alicyclic amines) is 2. The van der Waals surface area contributed by atoms with Gasteiger partial charge in [0.1, 0.15) is 6.04 Å². The van der Waals surface area contributed by atoms with Crippen LogP contribution in [0.15, 0.2) is 0 Å². The van der Waals surface area contributed by atoms with Crippen LogP contribution in [-0.2, 0) is 9.59 Å². The molecule has 2 heterocycles. The quantitative estimate of drug-likeness (QED) is 0.807. The number of nitrogens with zero attached hydrogens (tertiary/aromatic N) is 3. The SMILES string of the molecule is Cl.N#C[C@@H]1CCCN1C(=O)CNC1CCN(C(=O)C2CCCCC2)CC1. The zero-order valence-corrected chi connectivity index (χ0v) is 16.3. The lowest BCUT2D eigenvalue weighted by molar-refractivity contribution is -0.138. The minimum Gasteiger partial charge on any atom is -0.342 e. The van der Waals surface area contributed by atoms with Gasteiger partial charge < -0.3 is 15.1 Å². The Morgan fingerprint density at radius 2 is 1.65 bits per heavy atom. The average molecular weight is 383 g/mol. The van der Waals surface area contributed by atoms with Gasteiger partial charge in [0.05, 0.1) is 12.6 Å². The zero-order valence-electron chi connectivity index (χ0n) is 15.5. The second-order valence-corrected chi connectivity index (χ2v) is 7.69. The van der Waals surface area contributed by atoms with Crippen molar-refractivity contribution in [2.24, 2.45) is 5.92 Å². The minimum atomic E-state index is -0.246. The molecule has 0 spiro atoms. The number of carbonyl (C=O) groups excluding carboxylic acids is 2. The Morgan fingerprint density at radius 1 is 0.962 bits per heavy atom. The van der Waals surface area contributed by atoms with Crippen molar-refractivity contribution in [3.05, 3.63) is 0 Å². The average Bonchev–Trinajstić information content (AvgIpc) is 3.15. The number of amides is 2. The van der Waals surface area contributed by atoms with Crippen LogP contribution in [0.25, 0.3) is 0 Å². The molecule has 1 saturated carbocycles. The largest absolute Gasteiger partial charge is 0.342 e.